The number of amides is 1. The van der Waals surface area contributed by atoms with Gasteiger partial charge in [-0.1, -0.05) is 18.2 Å². The number of nitrogens with zero attached hydrogens (tertiary/aromatic N) is 1. The van der Waals surface area contributed by atoms with Crippen LogP contribution in [0.2, 0.25) is 0 Å². The van der Waals surface area contributed by atoms with Crippen LogP contribution in [0.25, 0.3) is 0 Å². The first-order chi connectivity index (χ1) is 11.2. The van der Waals surface area contributed by atoms with Crippen molar-refractivity contribution in [3.05, 3.63) is 29.8 Å². The third kappa shape index (κ3) is 3.51. The topological polar surface area (TPSA) is 50.8 Å². The first-order valence-corrected chi connectivity index (χ1v) is 8.39. The molecule has 1 aliphatic heterocycles. The van der Waals surface area contributed by atoms with Crippen molar-refractivity contribution in [2.24, 2.45) is 0 Å². The number of morpholine rings is 1. The molecule has 0 spiro atoms. The van der Waals surface area contributed by atoms with E-state index in [0.29, 0.717) is 19.8 Å². The van der Waals surface area contributed by atoms with E-state index < -0.39 is 0 Å². The summed E-state index contributed by atoms with van der Waals surface area (Å²) in [5, 5.41) is 3.16. The highest BCUT2D eigenvalue weighted by molar-refractivity contribution is 5.81. The van der Waals surface area contributed by atoms with Crippen LogP contribution in [0, 0.1) is 0 Å². The number of hydrogen-bond acceptors (Lipinski definition) is 4. The third-order valence-corrected chi connectivity index (χ3v) is 5.11. The monoisotopic (exact) mass is 318 g/mol. The van der Waals surface area contributed by atoms with Gasteiger partial charge in [0.15, 0.2) is 0 Å². The molecule has 5 nitrogen and oxygen atoms in total. The van der Waals surface area contributed by atoms with Gasteiger partial charge in [-0.3, -0.25) is 9.69 Å². The molecule has 1 unspecified atom stereocenters. The van der Waals surface area contributed by atoms with E-state index in [-0.39, 0.29) is 17.4 Å². The average molecular weight is 318 g/mol. The van der Waals surface area contributed by atoms with Gasteiger partial charge in [0, 0.05) is 30.6 Å². The van der Waals surface area contributed by atoms with Crippen molar-refractivity contribution in [3.8, 4) is 5.75 Å². The van der Waals surface area contributed by atoms with Crippen LogP contribution in [-0.4, -0.2) is 56.8 Å². The largest absolute Gasteiger partial charge is 0.496 e. The van der Waals surface area contributed by atoms with Crippen LogP contribution in [0.15, 0.2) is 24.3 Å². The predicted octanol–water partition coefficient (Wildman–Crippen LogP) is 1.56. The van der Waals surface area contributed by atoms with Gasteiger partial charge in [-0.25, -0.2) is 0 Å². The Kier molecular flexibility index (Phi) is 4.87. The van der Waals surface area contributed by atoms with Gasteiger partial charge in [0.05, 0.1) is 26.4 Å². The van der Waals surface area contributed by atoms with Crippen LogP contribution in [0.3, 0.4) is 0 Å². The Balaban J connectivity index is 1.60. The lowest BCUT2D eigenvalue weighted by molar-refractivity contribution is -0.127. The molecule has 1 aromatic rings. The van der Waals surface area contributed by atoms with Crippen LogP contribution < -0.4 is 10.1 Å². The highest BCUT2D eigenvalue weighted by atomic mass is 16.5. The SMILES string of the molecule is COc1ccccc1C1(CNC(=O)C(C)N2CCOCC2)CC1. The molecule has 1 aromatic carbocycles. The number of carbonyl (C=O) groups is 1. The Labute approximate surface area is 137 Å². The summed E-state index contributed by atoms with van der Waals surface area (Å²) in [4.78, 5) is 14.7. The summed E-state index contributed by atoms with van der Waals surface area (Å²) in [5.41, 5.74) is 1.26. The first-order valence-electron chi connectivity index (χ1n) is 8.39. The lowest BCUT2D eigenvalue weighted by atomic mass is 9.94. The minimum atomic E-state index is -0.104. The van der Waals surface area contributed by atoms with Crippen molar-refractivity contribution < 1.29 is 14.3 Å². The van der Waals surface area contributed by atoms with Gasteiger partial charge in [-0.05, 0) is 25.8 Å². The molecule has 2 aliphatic rings. The van der Waals surface area contributed by atoms with Crippen LogP contribution in [-0.2, 0) is 14.9 Å². The Bertz CT molecular complexity index is 551. The number of hydrogen-bond donors (Lipinski definition) is 1. The molecule has 0 aromatic heterocycles. The summed E-state index contributed by atoms with van der Waals surface area (Å²) in [6.07, 6.45) is 2.19. The molecule has 0 radical (unpaired) electrons. The molecule has 126 valence electrons. The molecule has 1 saturated heterocycles. The molecule has 1 N–H and O–H groups in total. The zero-order chi connectivity index (χ0) is 16.3. The maximum Gasteiger partial charge on any atom is 0.237 e. The Morgan fingerprint density at radius 2 is 2.04 bits per heavy atom. The van der Waals surface area contributed by atoms with Crippen LogP contribution in [0.4, 0.5) is 0 Å². The van der Waals surface area contributed by atoms with Crippen molar-refractivity contribution >= 4 is 5.91 Å². The number of nitrogens with one attached hydrogen (secondary N) is 1. The molecule has 1 saturated carbocycles. The van der Waals surface area contributed by atoms with E-state index in [4.69, 9.17) is 9.47 Å². The van der Waals surface area contributed by atoms with Gasteiger partial charge >= 0.3 is 0 Å². The second kappa shape index (κ2) is 6.89. The van der Waals surface area contributed by atoms with E-state index in [1.54, 1.807) is 7.11 Å². The number of carbonyl (C=O) groups excluding carboxylic acids is 1. The van der Waals surface area contributed by atoms with Crippen LogP contribution in [0.1, 0.15) is 25.3 Å². The summed E-state index contributed by atoms with van der Waals surface area (Å²) < 4.78 is 10.8. The minimum absolute atomic E-state index is 0.0486. The van der Waals surface area contributed by atoms with E-state index in [1.807, 2.05) is 25.1 Å². The van der Waals surface area contributed by atoms with Gasteiger partial charge in [0.1, 0.15) is 5.75 Å². The van der Waals surface area contributed by atoms with E-state index >= 15 is 0 Å². The predicted molar refractivity (Wildman–Crippen MR) is 88.8 cm³/mol. The number of para-hydroxylation sites is 1. The average Bonchev–Trinajstić information content (AvgIpc) is 3.41. The Morgan fingerprint density at radius 3 is 2.70 bits per heavy atom. The molecule has 3 rings (SSSR count). The molecule has 5 heteroatoms. The highest BCUT2D eigenvalue weighted by Crippen LogP contribution is 2.50. The second-order valence-corrected chi connectivity index (χ2v) is 6.52. The highest BCUT2D eigenvalue weighted by Gasteiger charge is 2.46. The minimum Gasteiger partial charge on any atom is -0.496 e. The normalized spacial score (nSPS) is 21.5. The number of ether oxygens (including phenoxy) is 2. The lowest BCUT2D eigenvalue weighted by Gasteiger charge is -2.31. The zero-order valence-electron chi connectivity index (χ0n) is 14.0. The molecular weight excluding hydrogens is 292 g/mol. The summed E-state index contributed by atoms with van der Waals surface area (Å²) in [5.74, 6) is 1.02. The number of benzene rings is 1. The van der Waals surface area contributed by atoms with Gasteiger partial charge in [0.25, 0.3) is 0 Å². The van der Waals surface area contributed by atoms with E-state index in [2.05, 4.69) is 16.3 Å². The van der Waals surface area contributed by atoms with E-state index in [0.717, 1.165) is 31.7 Å². The fraction of sp³-hybridized carbons (Fsp3) is 0.611. The Morgan fingerprint density at radius 1 is 1.35 bits per heavy atom. The van der Waals surface area contributed by atoms with E-state index in [1.165, 1.54) is 5.56 Å². The maximum atomic E-state index is 12.5. The zero-order valence-corrected chi connectivity index (χ0v) is 14.0. The number of rotatable bonds is 6. The summed E-state index contributed by atoms with van der Waals surface area (Å²) in [7, 11) is 1.70. The van der Waals surface area contributed by atoms with Gasteiger partial charge in [-0.2, -0.15) is 0 Å². The van der Waals surface area contributed by atoms with Crippen molar-refractivity contribution in [1.82, 2.24) is 10.2 Å². The summed E-state index contributed by atoms with van der Waals surface area (Å²) in [6.45, 7) is 5.73. The first kappa shape index (κ1) is 16.3. The standard InChI is InChI=1S/C18H26N2O3/c1-14(20-9-11-23-12-10-20)17(21)19-13-18(7-8-18)15-5-3-4-6-16(15)22-2/h3-6,14H,7-13H2,1-2H3,(H,19,21). The lowest BCUT2D eigenvalue weighted by Crippen LogP contribution is -2.50. The van der Waals surface area contributed by atoms with Gasteiger partial charge in [0.2, 0.25) is 5.91 Å². The third-order valence-electron chi connectivity index (χ3n) is 5.11. The van der Waals surface area contributed by atoms with Gasteiger partial charge < -0.3 is 14.8 Å². The van der Waals surface area contributed by atoms with Gasteiger partial charge in [-0.15, -0.1) is 0 Å². The Hall–Kier alpha value is -1.59. The van der Waals surface area contributed by atoms with Crippen molar-refractivity contribution in [1.29, 1.82) is 0 Å². The van der Waals surface area contributed by atoms with Crippen molar-refractivity contribution in [2.45, 2.75) is 31.2 Å². The molecule has 1 atom stereocenters. The quantitative estimate of drug-likeness (QED) is 0.865. The number of methoxy groups -OCH3 is 1. The summed E-state index contributed by atoms with van der Waals surface area (Å²) in [6, 6.07) is 8.03. The summed E-state index contributed by atoms with van der Waals surface area (Å²) >= 11 is 0. The fourth-order valence-electron chi connectivity index (χ4n) is 3.31. The molecule has 1 heterocycles. The van der Waals surface area contributed by atoms with Crippen LogP contribution >= 0.6 is 0 Å². The molecule has 1 amide bonds. The molecule has 0 bridgehead atoms. The smallest absolute Gasteiger partial charge is 0.237 e. The van der Waals surface area contributed by atoms with Crippen LogP contribution in [0.5, 0.6) is 5.75 Å². The molecule has 23 heavy (non-hydrogen) atoms. The fourth-order valence-corrected chi connectivity index (χ4v) is 3.31. The van der Waals surface area contributed by atoms with Crippen molar-refractivity contribution in [2.75, 3.05) is 40.0 Å². The molecule has 2 fully saturated rings. The molecular formula is C18H26N2O3. The van der Waals surface area contributed by atoms with Crippen molar-refractivity contribution in [3.63, 3.8) is 0 Å². The maximum absolute atomic E-state index is 12.5. The molecule has 1 aliphatic carbocycles. The second-order valence-electron chi connectivity index (χ2n) is 6.52. The van der Waals surface area contributed by atoms with E-state index in [9.17, 15) is 4.79 Å².